The SMILES string of the molecule is COc1ccc2nc(-c3ccc(C#N)cc3)[nH]c2c1. The van der Waals surface area contributed by atoms with Crippen molar-refractivity contribution in [3.8, 4) is 23.2 Å². The van der Waals surface area contributed by atoms with Crippen molar-refractivity contribution in [1.29, 1.82) is 5.26 Å². The van der Waals surface area contributed by atoms with Crippen LogP contribution in [0.2, 0.25) is 0 Å². The van der Waals surface area contributed by atoms with Crippen molar-refractivity contribution in [2.24, 2.45) is 0 Å². The van der Waals surface area contributed by atoms with E-state index in [9.17, 15) is 0 Å². The van der Waals surface area contributed by atoms with Gasteiger partial charge in [-0.15, -0.1) is 0 Å². The number of aromatic nitrogens is 2. The fourth-order valence-electron chi connectivity index (χ4n) is 1.96. The molecule has 4 nitrogen and oxygen atoms in total. The van der Waals surface area contributed by atoms with Crippen LogP contribution in [0.5, 0.6) is 5.75 Å². The van der Waals surface area contributed by atoms with E-state index in [1.807, 2.05) is 30.3 Å². The summed E-state index contributed by atoms with van der Waals surface area (Å²) >= 11 is 0. The van der Waals surface area contributed by atoms with Crippen LogP contribution in [0, 0.1) is 11.3 Å². The molecule has 0 spiro atoms. The molecule has 0 unspecified atom stereocenters. The Morgan fingerprint density at radius 2 is 1.95 bits per heavy atom. The Hall–Kier alpha value is -2.80. The van der Waals surface area contributed by atoms with Gasteiger partial charge < -0.3 is 9.72 Å². The molecule has 3 rings (SSSR count). The van der Waals surface area contributed by atoms with Gasteiger partial charge in [-0.2, -0.15) is 5.26 Å². The van der Waals surface area contributed by atoms with E-state index in [0.29, 0.717) is 5.56 Å². The normalized spacial score (nSPS) is 10.3. The van der Waals surface area contributed by atoms with E-state index in [1.165, 1.54) is 0 Å². The Morgan fingerprint density at radius 3 is 2.63 bits per heavy atom. The van der Waals surface area contributed by atoms with Gasteiger partial charge in [0.15, 0.2) is 0 Å². The Balaban J connectivity index is 2.07. The molecule has 1 N–H and O–H groups in total. The highest BCUT2D eigenvalue weighted by molar-refractivity contribution is 5.80. The number of hydrogen-bond acceptors (Lipinski definition) is 3. The van der Waals surface area contributed by atoms with Crippen molar-refractivity contribution < 1.29 is 4.74 Å². The zero-order chi connectivity index (χ0) is 13.2. The van der Waals surface area contributed by atoms with Gasteiger partial charge in [-0.3, -0.25) is 0 Å². The Bertz CT molecular complexity index is 766. The fourth-order valence-corrected chi connectivity index (χ4v) is 1.96. The number of fused-ring (bicyclic) bond motifs is 1. The lowest BCUT2D eigenvalue weighted by Crippen LogP contribution is -1.81. The number of H-pyrrole nitrogens is 1. The molecule has 3 aromatic rings. The zero-order valence-electron chi connectivity index (χ0n) is 10.3. The highest BCUT2D eigenvalue weighted by Gasteiger charge is 2.06. The van der Waals surface area contributed by atoms with Crippen molar-refractivity contribution in [2.75, 3.05) is 7.11 Å². The summed E-state index contributed by atoms with van der Waals surface area (Å²) in [5, 5.41) is 8.78. The second kappa shape index (κ2) is 4.46. The fraction of sp³-hybridized carbons (Fsp3) is 0.0667. The van der Waals surface area contributed by atoms with Crippen molar-refractivity contribution in [3.05, 3.63) is 48.0 Å². The van der Waals surface area contributed by atoms with Crippen LogP contribution in [0.1, 0.15) is 5.56 Å². The Labute approximate surface area is 110 Å². The van der Waals surface area contributed by atoms with E-state index < -0.39 is 0 Å². The van der Waals surface area contributed by atoms with Gasteiger partial charge in [0.05, 0.1) is 29.8 Å². The number of rotatable bonds is 2. The van der Waals surface area contributed by atoms with Crippen molar-refractivity contribution in [3.63, 3.8) is 0 Å². The summed E-state index contributed by atoms with van der Waals surface area (Å²) < 4.78 is 5.18. The summed E-state index contributed by atoms with van der Waals surface area (Å²) in [5.74, 6) is 1.58. The van der Waals surface area contributed by atoms with Crippen molar-refractivity contribution >= 4 is 11.0 Å². The number of hydrogen-bond donors (Lipinski definition) is 1. The molecule has 2 aromatic carbocycles. The molecular formula is C15H11N3O. The average molecular weight is 249 g/mol. The predicted octanol–water partition coefficient (Wildman–Crippen LogP) is 3.11. The van der Waals surface area contributed by atoms with Crippen LogP contribution in [0.3, 0.4) is 0 Å². The number of nitrogens with zero attached hydrogens (tertiary/aromatic N) is 2. The number of nitriles is 1. The van der Waals surface area contributed by atoms with Gasteiger partial charge in [0, 0.05) is 11.6 Å². The Morgan fingerprint density at radius 1 is 1.16 bits per heavy atom. The number of nitrogens with one attached hydrogen (secondary N) is 1. The minimum absolute atomic E-state index is 0.640. The number of aromatic amines is 1. The monoisotopic (exact) mass is 249 g/mol. The minimum atomic E-state index is 0.640. The van der Waals surface area contributed by atoms with Crippen molar-refractivity contribution in [1.82, 2.24) is 9.97 Å². The van der Waals surface area contributed by atoms with E-state index in [4.69, 9.17) is 10.00 Å². The van der Waals surface area contributed by atoms with Gasteiger partial charge in [-0.05, 0) is 36.4 Å². The van der Waals surface area contributed by atoms with Gasteiger partial charge in [0.1, 0.15) is 11.6 Å². The molecule has 1 aromatic heterocycles. The maximum Gasteiger partial charge on any atom is 0.138 e. The maximum absolute atomic E-state index is 8.78. The van der Waals surface area contributed by atoms with Gasteiger partial charge in [-0.25, -0.2) is 4.98 Å². The largest absolute Gasteiger partial charge is 0.497 e. The molecule has 92 valence electrons. The summed E-state index contributed by atoms with van der Waals surface area (Å²) in [6.45, 7) is 0. The zero-order valence-corrected chi connectivity index (χ0v) is 10.3. The molecule has 4 heteroatoms. The molecule has 1 heterocycles. The molecule has 0 bridgehead atoms. The summed E-state index contributed by atoms with van der Waals surface area (Å²) in [6, 6.07) is 15.1. The molecule has 0 saturated heterocycles. The predicted molar refractivity (Wildman–Crippen MR) is 72.8 cm³/mol. The van der Waals surface area contributed by atoms with Crippen LogP contribution in [-0.4, -0.2) is 17.1 Å². The first kappa shape index (κ1) is 11.3. The lowest BCUT2D eigenvalue weighted by Gasteiger charge is -1.97. The van der Waals surface area contributed by atoms with Crippen LogP contribution in [0.15, 0.2) is 42.5 Å². The second-order valence-corrected chi connectivity index (χ2v) is 4.16. The number of ether oxygens (including phenoxy) is 1. The molecular weight excluding hydrogens is 238 g/mol. The number of imidazole rings is 1. The van der Waals surface area contributed by atoms with Crippen LogP contribution in [0.4, 0.5) is 0 Å². The lowest BCUT2D eigenvalue weighted by atomic mass is 10.1. The van der Waals surface area contributed by atoms with Gasteiger partial charge in [0.2, 0.25) is 0 Å². The van der Waals surface area contributed by atoms with Crippen LogP contribution in [-0.2, 0) is 0 Å². The average Bonchev–Trinajstić information content (AvgIpc) is 2.90. The molecule has 0 atom stereocenters. The molecule has 0 saturated carbocycles. The van der Waals surface area contributed by atoms with Gasteiger partial charge in [0.25, 0.3) is 0 Å². The molecule has 19 heavy (non-hydrogen) atoms. The van der Waals surface area contributed by atoms with E-state index in [2.05, 4.69) is 16.0 Å². The van der Waals surface area contributed by atoms with Gasteiger partial charge >= 0.3 is 0 Å². The maximum atomic E-state index is 8.78. The first-order valence-corrected chi connectivity index (χ1v) is 5.84. The first-order valence-electron chi connectivity index (χ1n) is 5.84. The summed E-state index contributed by atoms with van der Waals surface area (Å²) in [5.41, 5.74) is 3.41. The van der Waals surface area contributed by atoms with E-state index >= 15 is 0 Å². The highest BCUT2D eigenvalue weighted by Crippen LogP contribution is 2.23. The molecule has 0 aliphatic carbocycles. The number of methoxy groups -OCH3 is 1. The summed E-state index contributed by atoms with van der Waals surface area (Å²) in [4.78, 5) is 7.77. The standard InChI is InChI=1S/C15H11N3O/c1-19-12-6-7-13-14(8-12)18-15(17-13)11-4-2-10(9-16)3-5-11/h2-8H,1H3,(H,17,18). The summed E-state index contributed by atoms with van der Waals surface area (Å²) in [6.07, 6.45) is 0. The van der Waals surface area contributed by atoms with Crippen LogP contribution in [0.25, 0.3) is 22.4 Å². The third-order valence-corrected chi connectivity index (χ3v) is 2.98. The molecule has 0 radical (unpaired) electrons. The molecule has 0 amide bonds. The molecule has 0 fully saturated rings. The molecule has 0 aliphatic heterocycles. The molecule has 0 aliphatic rings. The van der Waals surface area contributed by atoms with Gasteiger partial charge in [-0.1, -0.05) is 0 Å². The van der Waals surface area contributed by atoms with E-state index in [1.54, 1.807) is 19.2 Å². The lowest BCUT2D eigenvalue weighted by molar-refractivity contribution is 0.415. The number of benzene rings is 2. The highest BCUT2D eigenvalue weighted by atomic mass is 16.5. The first-order chi connectivity index (χ1) is 9.30. The second-order valence-electron chi connectivity index (χ2n) is 4.16. The minimum Gasteiger partial charge on any atom is -0.497 e. The van der Waals surface area contributed by atoms with Crippen molar-refractivity contribution in [2.45, 2.75) is 0 Å². The third kappa shape index (κ3) is 2.02. The van der Waals surface area contributed by atoms with Crippen LogP contribution < -0.4 is 4.74 Å². The smallest absolute Gasteiger partial charge is 0.138 e. The third-order valence-electron chi connectivity index (χ3n) is 2.98. The van der Waals surface area contributed by atoms with E-state index in [-0.39, 0.29) is 0 Å². The topological polar surface area (TPSA) is 61.7 Å². The Kier molecular flexibility index (Phi) is 2.66. The summed E-state index contributed by atoms with van der Waals surface area (Å²) in [7, 11) is 1.64. The quantitative estimate of drug-likeness (QED) is 0.759. The van der Waals surface area contributed by atoms with E-state index in [0.717, 1.165) is 28.2 Å². The van der Waals surface area contributed by atoms with Crippen LogP contribution >= 0.6 is 0 Å².